The molecular weight excluding hydrogens is 302 g/mol. The van der Waals surface area contributed by atoms with E-state index >= 15 is 0 Å². The Morgan fingerprint density at radius 3 is 2.55 bits per heavy atom. The molecule has 1 atom stereocenters. The van der Waals surface area contributed by atoms with Crippen LogP contribution >= 0.6 is 12.4 Å². The minimum Gasteiger partial charge on any atom is -0.374 e. The van der Waals surface area contributed by atoms with E-state index in [4.69, 9.17) is 10.5 Å². The summed E-state index contributed by atoms with van der Waals surface area (Å²) in [6.45, 7) is 1.59. The second-order valence-electron chi connectivity index (χ2n) is 5.40. The van der Waals surface area contributed by atoms with Gasteiger partial charge in [0, 0.05) is 32.7 Å². The number of ether oxygens (including phenoxy) is 1. The fourth-order valence-corrected chi connectivity index (χ4v) is 4.47. The van der Waals surface area contributed by atoms with Gasteiger partial charge in [-0.05, 0) is 12.8 Å². The smallest absolute Gasteiger partial charge is 0.282 e. The molecule has 2 rings (SSSR count). The average molecular weight is 328 g/mol. The van der Waals surface area contributed by atoms with Crippen molar-refractivity contribution in [1.29, 1.82) is 0 Å². The van der Waals surface area contributed by atoms with Gasteiger partial charge in [0.25, 0.3) is 10.2 Å². The predicted molar refractivity (Wildman–Crippen MR) is 81.2 cm³/mol. The van der Waals surface area contributed by atoms with Crippen molar-refractivity contribution in [3.63, 3.8) is 0 Å². The zero-order valence-corrected chi connectivity index (χ0v) is 13.7. The molecule has 8 heteroatoms. The molecule has 1 saturated carbocycles. The molecule has 0 radical (unpaired) electrons. The van der Waals surface area contributed by atoms with Crippen molar-refractivity contribution >= 4 is 22.6 Å². The van der Waals surface area contributed by atoms with Crippen LogP contribution in [0, 0.1) is 0 Å². The zero-order chi connectivity index (χ0) is 13.9. The summed E-state index contributed by atoms with van der Waals surface area (Å²) in [4.78, 5) is 0. The number of hydrogen-bond donors (Lipinski definition) is 1. The molecule has 1 aliphatic carbocycles. The quantitative estimate of drug-likeness (QED) is 0.819. The third-order valence-corrected chi connectivity index (χ3v) is 6.15. The standard InChI is InChI=1S/C12H25N3O3S.ClH/c1-14(11-5-3-2-4-6-11)19(16,17)15-7-8-18-12(9-13)10-15;/h11-12H,2-10,13H2,1H3;1H. The molecule has 2 fully saturated rings. The summed E-state index contributed by atoms with van der Waals surface area (Å²) in [6, 6.07) is 0.151. The largest absolute Gasteiger partial charge is 0.374 e. The van der Waals surface area contributed by atoms with Crippen LogP contribution in [0.3, 0.4) is 0 Å². The molecule has 20 heavy (non-hydrogen) atoms. The molecule has 1 unspecified atom stereocenters. The van der Waals surface area contributed by atoms with Crippen molar-refractivity contribution in [2.45, 2.75) is 44.2 Å². The van der Waals surface area contributed by atoms with E-state index in [0.29, 0.717) is 26.2 Å². The van der Waals surface area contributed by atoms with Gasteiger partial charge in [0.05, 0.1) is 12.7 Å². The third kappa shape index (κ3) is 4.05. The first-order valence-electron chi connectivity index (χ1n) is 7.10. The second-order valence-corrected chi connectivity index (χ2v) is 7.39. The van der Waals surface area contributed by atoms with Gasteiger partial charge in [0.2, 0.25) is 0 Å². The van der Waals surface area contributed by atoms with Crippen molar-refractivity contribution < 1.29 is 13.2 Å². The van der Waals surface area contributed by atoms with Gasteiger partial charge < -0.3 is 10.5 Å². The summed E-state index contributed by atoms with van der Waals surface area (Å²) < 4.78 is 33.7. The van der Waals surface area contributed by atoms with Crippen LogP contribution in [0.15, 0.2) is 0 Å². The fraction of sp³-hybridized carbons (Fsp3) is 1.00. The van der Waals surface area contributed by atoms with Crippen molar-refractivity contribution in [3.8, 4) is 0 Å². The molecule has 0 spiro atoms. The summed E-state index contributed by atoms with van der Waals surface area (Å²) in [5.41, 5.74) is 5.57. The Morgan fingerprint density at radius 1 is 1.30 bits per heavy atom. The maximum Gasteiger partial charge on any atom is 0.282 e. The maximum atomic E-state index is 12.6. The molecule has 6 nitrogen and oxygen atoms in total. The van der Waals surface area contributed by atoms with Gasteiger partial charge in [-0.3, -0.25) is 0 Å². The molecule has 0 bridgehead atoms. The highest BCUT2D eigenvalue weighted by atomic mass is 35.5. The van der Waals surface area contributed by atoms with Crippen LogP contribution in [0.4, 0.5) is 0 Å². The van der Waals surface area contributed by atoms with Gasteiger partial charge >= 0.3 is 0 Å². The lowest BCUT2D eigenvalue weighted by atomic mass is 9.96. The van der Waals surface area contributed by atoms with Crippen molar-refractivity contribution in [3.05, 3.63) is 0 Å². The van der Waals surface area contributed by atoms with Crippen LogP contribution in [0.5, 0.6) is 0 Å². The topological polar surface area (TPSA) is 75.9 Å². The highest BCUT2D eigenvalue weighted by Crippen LogP contribution is 2.25. The average Bonchev–Trinajstić information content (AvgIpc) is 2.47. The first kappa shape index (κ1) is 18.1. The van der Waals surface area contributed by atoms with Gasteiger partial charge in [0.15, 0.2) is 0 Å². The SMILES string of the molecule is CN(C1CCCCC1)S(=O)(=O)N1CCOC(CN)C1.Cl. The summed E-state index contributed by atoms with van der Waals surface area (Å²) >= 11 is 0. The number of nitrogens with two attached hydrogens (primary N) is 1. The lowest BCUT2D eigenvalue weighted by Crippen LogP contribution is -2.54. The summed E-state index contributed by atoms with van der Waals surface area (Å²) in [7, 11) is -1.67. The number of nitrogens with zero attached hydrogens (tertiary/aromatic N) is 2. The molecule has 1 aliphatic heterocycles. The van der Waals surface area contributed by atoms with Crippen LogP contribution in [-0.4, -0.2) is 62.5 Å². The zero-order valence-electron chi connectivity index (χ0n) is 12.0. The third-order valence-electron chi connectivity index (χ3n) is 4.14. The van der Waals surface area contributed by atoms with E-state index in [1.807, 2.05) is 0 Å². The summed E-state index contributed by atoms with van der Waals surface area (Å²) in [5, 5.41) is 0. The Hall–Kier alpha value is 0.0800. The van der Waals surface area contributed by atoms with Gasteiger partial charge in [-0.1, -0.05) is 19.3 Å². The van der Waals surface area contributed by atoms with E-state index in [-0.39, 0.29) is 24.6 Å². The molecule has 1 heterocycles. The number of halogens is 1. The van der Waals surface area contributed by atoms with Gasteiger partial charge in [0.1, 0.15) is 0 Å². The number of rotatable bonds is 4. The van der Waals surface area contributed by atoms with Crippen LogP contribution in [0.25, 0.3) is 0 Å². The minimum absolute atomic E-state index is 0. The van der Waals surface area contributed by atoms with Gasteiger partial charge in [-0.2, -0.15) is 17.0 Å². The van der Waals surface area contributed by atoms with E-state index in [1.54, 1.807) is 11.4 Å². The van der Waals surface area contributed by atoms with Crippen LogP contribution in [0.2, 0.25) is 0 Å². The van der Waals surface area contributed by atoms with E-state index in [1.165, 1.54) is 10.7 Å². The summed E-state index contributed by atoms with van der Waals surface area (Å²) in [6.07, 6.45) is 5.24. The Kier molecular flexibility index (Phi) is 7.17. The molecule has 0 amide bonds. The minimum atomic E-state index is -3.37. The van der Waals surface area contributed by atoms with Crippen LogP contribution in [-0.2, 0) is 14.9 Å². The first-order chi connectivity index (χ1) is 9.05. The molecule has 2 N–H and O–H groups in total. The Bertz CT molecular complexity index is 379. The lowest BCUT2D eigenvalue weighted by molar-refractivity contribution is 0.00236. The highest BCUT2D eigenvalue weighted by Gasteiger charge is 2.35. The Balaban J connectivity index is 0.00000200. The normalized spacial score (nSPS) is 26.4. The van der Waals surface area contributed by atoms with E-state index in [0.717, 1.165) is 25.7 Å². The molecule has 120 valence electrons. The van der Waals surface area contributed by atoms with Crippen molar-refractivity contribution in [2.24, 2.45) is 5.73 Å². The molecule has 2 aliphatic rings. The molecular formula is C12H26ClN3O3S. The first-order valence-corrected chi connectivity index (χ1v) is 8.50. The van der Waals surface area contributed by atoms with Gasteiger partial charge in [-0.15, -0.1) is 12.4 Å². The Morgan fingerprint density at radius 2 is 1.95 bits per heavy atom. The molecule has 1 saturated heterocycles. The van der Waals surface area contributed by atoms with E-state index in [9.17, 15) is 8.42 Å². The van der Waals surface area contributed by atoms with Crippen LogP contribution < -0.4 is 5.73 Å². The molecule has 0 aromatic heterocycles. The maximum absolute atomic E-state index is 12.6. The predicted octanol–water partition coefficient (Wildman–Crippen LogP) is 0.577. The second kappa shape index (κ2) is 7.91. The van der Waals surface area contributed by atoms with Crippen molar-refractivity contribution in [1.82, 2.24) is 8.61 Å². The Labute approximate surface area is 128 Å². The van der Waals surface area contributed by atoms with Crippen molar-refractivity contribution in [2.75, 3.05) is 33.3 Å². The van der Waals surface area contributed by atoms with Gasteiger partial charge in [-0.25, -0.2) is 0 Å². The molecule has 0 aromatic carbocycles. The fourth-order valence-electron chi connectivity index (χ4n) is 2.86. The molecule has 0 aromatic rings. The number of hydrogen-bond acceptors (Lipinski definition) is 4. The van der Waals surface area contributed by atoms with E-state index < -0.39 is 10.2 Å². The lowest BCUT2D eigenvalue weighted by Gasteiger charge is -2.37. The van der Waals surface area contributed by atoms with Crippen LogP contribution in [0.1, 0.15) is 32.1 Å². The number of morpholine rings is 1. The van der Waals surface area contributed by atoms with E-state index in [2.05, 4.69) is 0 Å². The summed E-state index contributed by atoms with van der Waals surface area (Å²) in [5.74, 6) is 0. The highest BCUT2D eigenvalue weighted by molar-refractivity contribution is 7.86. The monoisotopic (exact) mass is 327 g/mol.